The van der Waals surface area contributed by atoms with E-state index in [-0.39, 0.29) is 30.3 Å². The summed E-state index contributed by atoms with van der Waals surface area (Å²) in [5, 5.41) is 0. The predicted molar refractivity (Wildman–Crippen MR) is 125 cm³/mol. The van der Waals surface area contributed by atoms with Gasteiger partial charge in [-0.1, -0.05) is 6.07 Å². The number of esters is 1. The number of carbonyl (C=O) groups is 1. The second kappa shape index (κ2) is 9.79. The number of anilines is 1. The molecule has 1 saturated heterocycles. The number of halogens is 4. The van der Waals surface area contributed by atoms with Crippen molar-refractivity contribution in [2.45, 2.75) is 56.4 Å². The molecular weight excluding hydrogens is 518 g/mol. The molecule has 202 valence electrons. The van der Waals surface area contributed by atoms with Gasteiger partial charge in [0.2, 0.25) is 0 Å². The lowest BCUT2D eigenvalue weighted by Gasteiger charge is -2.38. The molecule has 0 spiro atoms. The van der Waals surface area contributed by atoms with Crippen LogP contribution in [0.1, 0.15) is 38.3 Å². The Morgan fingerprint density at radius 3 is 2.41 bits per heavy atom. The van der Waals surface area contributed by atoms with Crippen LogP contribution < -0.4 is 9.04 Å². The van der Waals surface area contributed by atoms with Crippen LogP contribution in [-0.4, -0.2) is 45.9 Å². The third-order valence-corrected chi connectivity index (χ3v) is 7.63. The van der Waals surface area contributed by atoms with Gasteiger partial charge in [-0.3, -0.25) is 9.10 Å². The summed E-state index contributed by atoms with van der Waals surface area (Å²) in [6, 6.07) is 6.13. The van der Waals surface area contributed by atoms with Gasteiger partial charge in [0, 0.05) is 5.92 Å². The monoisotopic (exact) mass is 545 g/mol. The van der Waals surface area contributed by atoms with Crippen molar-refractivity contribution in [2.24, 2.45) is 5.92 Å². The van der Waals surface area contributed by atoms with Crippen molar-refractivity contribution in [2.75, 3.05) is 24.1 Å². The van der Waals surface area contributed by atoms with Crippen LogP contribution in [0.4, 0.5) is 23.2 Å². The maximum atomic E-state index is 13.9. The molecule has 2 aromatic rings. The number of benzene rings is 2. The Morgan fingerprint density at radius 2 is 1.81 bits per heavy atom. The zero-order valence-electron chi connectivity index (χ0n) is 20.5. The average molecular weight is 546 g/mol. The van der Waals surface area contributed by atoms with Crippen molar-refractivity contribution >= 4 is 21.7 Å². The Morgan fingerprint density at radius 1 is 1.11 bits per heavy atom. The van der Waals surface area contributed by atoms with E-state index in [4.69, 9.17) is 14.2 Å². The zero-order chi connectivity index (χ0) is 27.2. The normalized spacial score (nSPS) is 18.6. The Kier molecular flexibility index (Phi) is 7.19. The first kappa shape index (κ1) is 27.2. The summed E-state index contributed by atoms with van der Waals surface area (Å²) in [5.41, 5.74) is -1.90. The quantitative estimate of drug-likeness (QED) is 0.386. The zero-order valence-corrected chi connectivity index (χ0v) is 21.3. The van der Waals surface area contributed by atoms with E-state index in [1.807, 2.05) is 0 Å². The van der Waals surface area contributed by atoms with Crippen molar-refractivity contribution in [3.05, 3.63) is 53.3 Å². The van der Waals surface area contributed by atoms with Crippen LogP contribution in [-0.2, 0) is 36.9 Å². The number of carbonyl (C=O) groups excluding carboxylic acids is 1. The fourth-order valence-electron chi connectivity index (χ4n) is 4.16. The Labute approximate surface area is 212 Å². The number of sulfonamides is 1. The van der Waals surface area contributed by atoms with Gasteiger partial charge < -0.3 is 14.2 Å². The number of ether oxygens (including phenoxy) is 3. The Bertz CT molecular complexity index is 1290. The molecule has 0 amide bonds. The first-order valence-electron chi connectivity index (χ1n) is 11.6. The largest absolute Gasteiger partial charge is 0.486 e. The molecule has 1 atom stereocenters. The number of nitrogens with zero attached hydrogens (tertiary/aromatic N) is 1. The highest BCUT2D eigenvalue weighted by molar-refractivity contribution is 7.92. The van der Waals surface area contributed by atoms with Gasteiger partial charge in [-0.2, -0.15) is 13.2 Å². The van der Waals surface area contributed by atoms with Crippen molar-refractivity contribution in [1.82, 2.24) is 0 Å². The van der Waals surface area contributed by atoms with E-state index in [1.54, 1.807) is 26.8 Å². The predicted octanol–water partition coefficient (Wildman–Crippen LogP) is 4.72. The second-order valence-electron chi connectivity index (χ2n) is 10.1. The molecule has 0 unspecified atom stereocenters. The summed E-state index contributed by atoms with van der Waals surface area (Å²) in [7, 11) is -4.57. The van der Waals surface area contributed by atoms with Crippen LogP contribution in [0, 0.1) is 11.7 Å². The van der Waals surface area contributed by atoms with Gasteiger partial charge in [0.15, 0.2) is 0 Å². The van der Waals surface area contributed by atoms with Gasteiger partial charge in [-0.25, -0.2) is 12.8 Å². The fraction of sp³-hybridized carbons (Fsp3) is 0.480. The summed E-state index contributed by atoms with van der Waals surface area (Å²) in [5.74, 6) is -1.75. The molecule has 0 bridgehead atoms. The van der Waals surface area contributed by atoms with Gasteiger partial charge in [0.25, 0.3) is 10.0 Å². The number of fused-ring (bicyclic) bond motifs is 1. The van der Waals surface area contributed by atoms with Crippen LogP contribution in [0.5, 0.6) is 5.75 Å². The molecule has 2 aliphatic heterocycles. The van der Waals surface area contributed by atoms with E-state index in [1.165, 1.54) is 12.1 Å². The van der Waals surface area contributed by atoms with E-state index in [0.717, 1.165) is 10.4 Å². The van der Waals surface area contributed by atoms with E-state index < -0.39 is 50.2 Å². The molecule has 12 heteroatoms. The first-order valence-corrected chi connectivity index (χ1v) is 13.1. The Balaban J connectivity index is 1.72. The highest BCUT2D eigenvalue weighted by Crippen LogP contribution is 2.40. The van der Waals surface area contributed by atoms with Crippen LogP contribution in [0.25, 0.3) is 0 Å². The maximum absolute atomic E-state index is 13.9. The van der Waals surface area contributed by atoms with E-state index in [2.05, 4.69) is 0 Å². The van der Waals surface area contributed by atoms with Gasteiger partial charge in [-0.05, 0) is 63.1 Å². The van der Waals surface area contributed by atoms with E-state index >= 15 is 0 Å². The van der Waals surface area contributed by atoms with Crippen LogP contribution in [0.2, 0.25) is 0 Å². The lowest BCUT2D eigenvalue weighted by molar-refractivity contribution is -0.154. The minimum absolute atomic E-state index is 0.0695. The fourth-order valence-corrected chi connectivity index (χ4v) is 5.69. The minimum Gasteiger partial charge on any atom is -0.486 e. The third kappa shape index (κ3) is 6.18. The SMILES string of the molecule is CC(C)(C)OC(=O)Cc1ccc2c(c1)N(S(=O)(=O)c1ccc(F)c(C(F)(F)F)c1)C[C@H](CC1COC1)O2. The molecule has 4 rings (SSSR count). The van der Waals surface area contributed by atoms with Gasteiger partial charge >= 0.3 is 12.1 Å². The lowest BCUT2D eigenvalue weighted by atomic mass is 9.99. The molecule has 2 aliphatic rings. The molecule has 0 N–H and O–H groups in total. The third-order valence-electron chi connectivity index (χ3n) is 5.86. The van der Waals surface area contributed by atoms with Crippen molar-refractivity contribution in [1.29, 1.82) is 0 Å². The molecule has 0 aliphatic carbocycles. The molecule has 0 radical (unpaired) electrons. The van der Waals surface area contributed by atoms with Crippen molar-refractivity contribution < 1.29 is 45.0 Å². The standard InChI is InChI=1S/C25H27F4NO6S/c1-24(2,3)36-23(31)10-15-4-7-22-21(9-15)30(12-17(35-22)8-16-13-34-14-16)37(32,33)18-5-6-20(26)19(11-18)25(27,28)29/h4-7,9,11,16-17H,8,10,12-14H2,1-3H3/t17-/m0/s1. The van der Waals surface area contributed by atoms with Crippen molar-refractivity contribution in [3.8, 4) is 5.75 Å². The summed E-state index contributed by atoms with van der Waals surface area (Å²) in [6.45, 7) is 5.96. The second-order valence-corrected chi connectivity index (χ2v) is 12.0. The van der Waals surface area contributed by atoms with Gasteiger partial charge in [-0.15, -0.1) is 0 Å². The lowest BCUT2D eigenvalue weighted by Crippen LogP contribution is -2.46. The van der Waals surface area contributed by atoms with Gasteiger partial charge in [0.1, 0.15) is 23.3 Å². The summed E-state index contributed by atoms with van der Waals surface area (Å²) < 4.78 is 98.6. The van der Waals surface area contributed by atoms with Crippen molar-refractivity contribution in [3.63, 3.8) is 0 Å². The summed E-state index contributed by atoms with van der Waals surface area (Å²) >= 11 is 0. The van der Waals surface area contributed by atoms with Crippen LogP contribution in [0.15, 0.2) is 41.3 Å². The van der Waals surface area contributed by atoms with Crippen LogP contribution in [0.3, 0.4) is 0 Å². The molecule has 2 heterocycles. The first-order chi connectivity index (χ1) is 17.1. The van der Waals surface area contributed by atoms with Crippen LogP contribution >= 0.6 is 0 Å². The average Bonchev–Trinajstić information content (AvgIpc) is 2.73. The number of hydrogen-bond acceptors (Lipinski definition) is 6. The number of hydrogen-bond donors (Lipinski definition) is 0. The van der Waals surface area contributed by atoms with Gasteiger partial charge in [0.05, 0.1) is 42.3 Å². The molecule has 37 heavy (non-hydrogen) atoms. The highest BCUT2D eigenvalue weighted by atomic mass is 32.2. The maximum Gasteiger partial charge on any atom is 0.419 e. The Hall–Kier alpha value is -2.86. The number of alkyl halides is 3. The van der Waals surface area contributed by atoms with E-state index in [0.29, 0.717) is 37.3 Å². The minimum atomic E-state index is -5.08. The molecule has 2 aromatic carbocycles. The summed E-state index contributed by atoms with van der Waals surface area (Å²) in [4.78, 5) is 11.6. The van der Waals surface area contributed by atoms with E-state index in [9.17, 15) is 30.8 Å². The molecule has 7 nitrogen and oxygen atoms in total. The molecular formula is C25H27F4NO6S. The summed E-state index contributed by atoms with van der Waals surface area (Å²) in [6.07, 6.45) is -5.35. The molecule has 1 fully saturated rings. The smallest absolute Gasteiger partial charge is 0.419 e. The topological polar surface area (TPSA) is 82.1 Å². The molecule has 0 aromatic heterocycles. The highest BCUT2D eigenvalue weighted by Gasteiger charge is 2.39. The molecule has 0 saturated carbocycles. The number of rotatable bonds is 6.